The zero-order chi connectivity index (χ0) is 13.7. The molecule has 0 saturated heterocycles. The summed E-state index contributed by atoms with van der Waals surface area (Å²) < 4.78 is 5.25. The molecule has 0 aliphatic rings. The quantitative estimate of drug-likeness (QED) is 0.883. The van der Waals surface area contributed by atoms with E-state index in [2.05, 4.69) is 10.6 Å². The second-order valence-electron chi connectivity index (χ2n) is 4.65. The van der Waals surface area contributed by atoms with Crippen molar-refractivity contribution in [3.05, 3.63) is 54.0 Å². The summed E-state index contributed by atoms with van der Waals surface area (Å²) in [7, 11) is 0. The van der Waals surface area contributed by atoms with Gasteiger partial charge in [0.05, 0.1) is 6.26 Å². The summed E-state index contributed by atoms with van der Waals surface area (Å²) in [5, 5.41) is 5.69. The Morgan fingerprint density at radius 1 is 1.32 bits per heavy atom. The molecule has 1 unspecified atom stereocenters. The van der Waals surface area contributed by atoms with Crippen molar-refractivity contribution < 1.29 is 9.21 Å². The molecule has 1 aromatic carbocycles. The van der Waals surface area contributed by atoms with Crippen LogP contribution in [0.3, 0.4) is 0 Å². The Labute approximate surface area is 112 Å². The molecule has 2 N–H and O–H groups in total. The summed E-state index contributed by atoms with van der Waals surface area (Å²) in [6.07, 6.45) is 2.31. The molecule has 0 spiro atoms. The highest BCUT2D eigenvalue weighted by Gasteiger charge is 2.09. The number of furan rings is 1. The van der Waals surface area contributed by atoms with E-state index in [0.29, 0.717) is 6.42 Å². The largest absolute Gasteiger partial charge is 0.469 e. The van der Waals surface area contributed by atoms with Crippen LogP contribution in [-0.2, 0) is 6.42 Å². The smallest absolute Gasteiger partial charge is 0.319 e. The summed E-state index contributed by atoms with van der Waals surface area (Å²) in [6, 6.07) is 11.2. The second-order valence-corrected chi connectivity index (χ2v) is 4.65. The molecule has 1 heterocycles. The van der Waals surface area contributed by atoms with E-state index in [0.717, 1.165) is 17.0 Å². The number of carbonyl (C=O) groups is 1. The van der Waals surface area contributed by atoms with Crippen molar-refractivity contribution in [3.8, 4) is 0 Å². The fraction of sp³-hybridized carbons (Fsp3) is 0.267. The number of hydrogen-bond acceptors (Lipinski definition) is 2. The third-order valence-electron chi connectivity index (χ3n) is 2.74. The van der Waals surface area contributed by atoms with Crippen LogP contribution >= 0.6 is 0 Å². The van der Waals surface area contributed by atoms with E-state index in [4.69, 9.17) is 4.42 Å². The summed E-state index contributed by atoms with van der Waals surface area (Å²) in [5.41, 5.74) is 1.91. The molecular weight excluding hydrogens is 240 g/mol. The Morgan fingerprint density at radius 2 is 2.16 bits per heavy atom. The summed E-state index contributed by atoms with van der Waals surface area (Å²) >= 11 is 0. The molecule has 2 amide bonds. The van der Waals surface area contributed by atoms with Gasteiger partial charge in [-0.3, -0.25) is 0 Å². The van der Waals surface area contributed by atoms with Gasteiger partial charge in [0.25, 0.3) is 0 Å². The van der Waals surface area contributed by atoms with Gasteiger partial charge in [-0.15, -0.1) is 0 Å². The number of rotatable bonds is 4. The molecule has 1 aromatic heterocycles. The van der Waals surface area contributed by atoms with Crippen LogP contribution in [0.25, 0.3) is 0 Å². The summed E-state index contributed by atoms with van der Waals surface area (Å²) in [6.45, 7) is 3.93. The van der Waals surface area contributed by atoms with Gasteiger partial charge in [-0.1, -0.05) is 12.1 Å². The van der Waals surface area contributed by atoms with Gasteiger partial charge in [0, 0.05) is 18.2 Å². The first-order valence-electron chi connectivity index (χ1n) is 6.30. The molecule has 0 aliphatic heterocycles. The zero-order valence-electron chi connectivity index (χ0n) is 11.1. The van der Waals surface area contributed by atoms with Gasteiger partial charge in [0.15, 0.2) is 0 Å². The fourth-order valence-electron chi connectivity index (χ4n) is 1.90. The maximum absolute atomic E-state index is 11.8. The average Bonchev–Trinajstić information content (AvgIpc) is 2.81. The van der Waals surface area contributed by atoms with E-state index in [1.807, 2.05) is 50.2 Å². The predicted octanol–water partition coefficient (Wildman–Crippen LogP) is 3.34. The lowest BCUT2D eigenvalue weighted by molar-refractivity contribution is 0.248. The van der Waals surface area contributed by atoms with Crippen molar-refractivity contribution in [3.63, 3.8) is 0 Å². The molecule has 4 nitrogen and oxygen atoms in total. The Bertz CT molecular complexity index is 535. The predicted molar refractivity (Wildman–Crippen MR) is 75.2 cm³/mol. The van der Waals surface area contributed by atoms with Gasteiger partial charge in [-0.05, 0) is 43.7 Å². The lowest BCUT2D eigenvalue weighted by Crippen LogP contribution is -2.37. The van der Waals surface area contributed by atoms with Crippen LogP contribution in [0.15, 0.2) is 47.1 Å². The van der Waals surface area contributed by atoms with Gasteiger partial charge in [0.2, 0.25) is 0 Å². The van der Waals surface area contributed by atoms with Crippen molar-refractivity contribution in [1.82, 2.24) is 5.32 Å². The molecule has 0 fully saturated rings. The molecule has 2 rings (SSSR count). The van der Waals surface area contributed by atoms with E-state index in [9.17, 15) is 4.79 Å². The zero-order valence-corrected chi connectivity index (χ0v) is 11.1. The Kier molecular flexibility index (Phi) is 4.23. The van der Waals surface area contributed by atoms with E-state index in [1.165, 1.54) is 0 Å². The molecular formula is C15H18N2O2. The Balaban J connectivity index is 1.84. The summed E-state index contributed by atoms with van der Waals surface area (Å²) in [5.74, 6) is 0.864. The number of urea groups is 1. The standard InChI is InChI=1S/C15H18N2O2/c1-11-5-3-6-13(9-11)17-15(18)16-12(2)10-14-7-4-8-19-14/h3-9,12H,10H2,1-2H3,(H2,16,17,18). The number of carbonyl (C=O) groups excluding carboxylic acids is 1. The normalized spacial score (nSPS) is 11.9. The van der Waals surface area contributed by atoms with Crippen molar-refractivity contribution in [2.45, 2.75) is 26.3 Å². The van der Waals surface area contributed by atoms with E-state index in [-0.39, 0.29) is 12.1 Å². The van der Waals surface area contributed by atoms with Crippen molar-refractivity contribution in [2.24, 2.45) is 0 Å². The van der Waals surface area contributed by atoms with E-state index >= 15 is 0 Å². The third kappa shape index (κ3) is 4.17. The van der Waals surface area contributed by atoms with Gasteiger partial charge in [-0.25, -0.2) is 4.79 Å². The SMILES string of the molecule is Cc1cccc(NC(=O)NC(C)Cc2ccco2)c1. The molecule has 1 atom stereocenters. The number of benzene rings is 1. The molecule has 100 valence electrons. The third-order valence-corrected chi connectivity index (χ3v) is 2.74. The first kappa shape index (κ1) is 13.2. The number of amides is 2. The molecule has 0 bridgehead atoms. The first-order valence-corrected chi connectivity index (χ1v) is 6.30. The Hall–Kier alpha value is -2.23. The Morgan fingerprint density at radius 3 is 2.84 bits per heavy atom. The van der Waals surface area contributed by atoms with Crippen LogP contribution in [0, 0.1) is 6.92 Å². The minimum Gasteiger partial charge on any atom is -0.469 e. The second kappa shape index (κ2) is 6.09. The minimum absolute atomic E-state index is 0.0101. The number of aryl methyl sites for hydroxylation is 1. The maximum Gasteiger partial charge on any atom is 0.319 e. The lowest BCUT2D eigenvalue weighted by atomic mass is 10.2. The molecule has 2 aromatic rings. The molecule has 4 heteroatoms. The van der Waals surface area contributed by atoms with Gasteiger partial charge in [-0.2, -0.15) is 0 Å². The van der Waals surface area contributed by atoms with Crippen molar-refractivity contribution in [2.75, 3.05) is 5.32 Å². The highest BCUT2D eigenvalue weighted by atomic mass is 16.3. The van der Waals surface area contributed by atoms with E-state index in [1.54, 1.807) is 6.26 Å². The van der Waals surface area contributed by atoms with Crippen LogP contribution in [0.4, 0.5) is 10.5 Å². The van der Waals surface area contributed by atoms with Gasteiger partial charge >= 0.3 is 6.03 Å². The molecule has 0 aliphatic carbocycles. The van der Waals surface area contributed by atoms with Crippen LogP contribution in [-0.4, -0.2) is 12.1 Å². The van der Waals surface area contributed by atoms with Gasteiger partial charge < -0.3 is 15.1 Å². The van der Waals surface area contributed by atoms with Crippen LogP contribution in [0.1, 0.15) is 18.2 Å². The van der Waals surface area contributed by atoms with E-state index < -0.39 is 0 Å². The molecule has 0 saturated carbocycles. The van der Waals surface area contributed by atoms with Crippen LogP contribution in [0.2, 0.25) is 0 Å². The minimum atomic E-state index is -0.204. The molecule has 0 radical (unpaired) electrons. The average molecular weight is 258 g/mol. The molecule has 19 heavy (non-hydrogen) atoms. The maximum atomic E-state index is 11.8. The topological polar surface area (TPSA) is 54.3 Å². The van der Waals surface area contributed by atoms with Gasteiger partial charge in [0.1, 0.15) is 5.76 Å². The first-order chi connectivity index (χ1) is 9.13. The highest BCUT2D eigenvalue weighted by Crippen LogP contribution is 2.09. The number of nitrogens with one attached hydrogen (secondary N) is 2. The number of hydrogen-bond donors (Lipinski definition) is 2. The monoisotopic (exact) mass is 258 g/mol. The van der Waals surface area contributed by atoms with Crippen LogP contribution < -0.4 is 10.6 Å². The number of anilines is 1. The van der Waals surface area contributed by atoms with Crippen LogP contribution in [0.5, 0.6) is 0 Å². The fourth-order valence-corrected chi connectivity index (χ4v) is 1.90. The highest BCUT2D eigenvalue weighted by molar-refractivity contribution is 5.89. The summed E-state index contributed by atoms with van der Waals surface area (Å²) in [4.78, 5) is 11.8. The van der Waals surface area contributed by atoms with Crippen molar-refractivity contribution in [1.29, 1.82) is 0 Å². The van der Waals surface area contributed by atoms with Crippen molar-refractivity contribution >= 4 is 11.7 Å². The lowest BCUT2D eigenvalue weighted by Gasteiger charge is -2.13.